The average Bonchev–Trinajstić information content (AvgIpc) is 2.87. The molecule has 120 valence electrons. The lowest BCUT2D eigenvalue weighted by Gasteiger charge is -2.39. The van der Waals surface area contributed by atoms with E-state index in [9.17, 15) is 9.59 Å². The first-order chi connectivity index (χ1) is 10.9. The molecule has 0 amide bonds. The highest BCUT2D eigenvalue weighted by atomic mass is 16.7. The summed E-state index contributed by atoms with van der Waals surface area (Å²) in [5, 5.41) is 0.973. The van der Waals surface area contributed by atoms with Crippen LogP contribution in [0.5, 0.6) is 0 Å². The molecule has 0 radical (unpaired) electrons. The monoisotopic (exact) mass is 313 g/mol. The van der Waals surface area contributed by atoms with Crippen LogP contribution in [0.2, 0.25) is 0 Å². The average molecular weight is 313 g/mol. The zero-order valence-corrected chi connectivity index (χ0v) is 13.2. The normalized spacial score (nSPS) is 19.2. The van der Waals surface area contributed by atoms with E-state index < -0.39 is 23.1 Å². The van der Waals surface area contributed by atoms with E-state index in [1.165, 1.54) is 0 Å². The van der Waals surface area contributed by atoms with Crippen LogP contribution in [0.15, 0.2) is 43.1 Å². The molecule has 5 nitrogen and oxygen atoms in total. The van der Waals surface area contributed by atoms with Gasteiger partial charge in [-0.2, -0.15) is 0 Å². The second-order valence-corrected chi connectivity index (χ2v) is 6.29. The first kappa shape index (κ1) is 15.3. The number of carbonyl (C=O) groups is 2. The number of benzene rings is 1. The molecule has 1 fully saturated rings. The van der Waals surface area contributed by atoms with Gasteiger partial charge in [0, 0.05) is 37.4 Å². The standard InChI is InChI=1S/C18H19NO4/c1-4-9-18(15(20)22-17(2,3)23-16(18)21)10-12-11-19-14-8-6-5-7-13(12)14/h4-8,11,19H,1,9-10H2,2-3H3. The van der Waals surface area contributed by atoms with Crippen LogP contribution in [0.3, 0.4) is 0 Å². The third-order valence-electron chi connectivity index (χ3n) is 4.12. The predicted molar refractivity (Wildman–Crippen MR) is 85.5 cm³/mol. The molecule has 0 unspecified atom stereocenters. The Kier molecular flexibility index (Phi) is 3.51. The maximum atomic E-state index is 12.6. The Labute approximate surface area is 134 Å². The molecule has 1 aliphatic rings. The predicted octanol–water partition coefficient (Wildman–Crippen LogP) is 3.11. The van der Waals surface area contributed by atoms with Crippen molar-refractivity contribution in [3.63, 3.8) is 0 Å². The van der Waals surface area contributed by atoms with Crippen molar-refractivity contribution in [3.8, 4) is 0 Å². The molecular formula is C18H19NO4. The van der Waals surface area contributed by atoms with Gasteiger partial charge >= 0.3 is 11.9 Å². The number of aromatic nitrogens is 1. The molecule has 1 aliphatic heterocycles. The number of fused-ring (bicyclic) bond motifs is 1. The lowest BCUT2D eigenvalue weighted by atomic mass is 9.77. The smallest absolute Gasteiger partial charge is 0.327 e. The van der Waals surface area contributed by atoms with Gasteiger partial charge in [0.1, 0.15) is 0 Å². The fraction of sp³-hybridized carbons (Fsp3) is 0.333. The summed E-state index contributed by atoms with van der Waals surface area (Å²) >= 11 is 0. The third-order valence-corrected chi connectivity index (χ3v) is 4.12. The lowest BCUT2D eigenvalue weighted by molar-refractivity contribution is -0.250. The number of ether oxygens (including phenoxy) is 2. The van der Waals surface area contributed by atoms with Gasteiger partial charge in [-0.1, -0.05) is 24.3 Å². The van der Waals surface area contributed by atoms with Crippen LogP contribution in [-0.4, -0.2) is 22.7 Å². The topological polar surface area (TPSA) is 68.4 Å². The number of H-pyrrole nitrogens is 1. The van der Waals surface area contributed by atoms with Crippen LogP contribution in [0, 0.1) is 5.41 Å². The number of hydrogen-bond donors (Lipinski definition) is 1. The third kappa shape index (κ3) is 2.52. The van der Waals surface area contributed by atoms with Gasteiger partial charge in [-0.15, -0.1) is 6.58 Å². The minimum Gasteiger partial charge on any atom is -0.422 e. The first-order valence-electron chi connectivity index (χ1n) is 7.51. The van der Waals surface area contributed by atoms with Crippen molar-refractivity contribution in [2.24, 2.45) is 5.41 Å². The number of para-hydroxylation sites is 1. The number of cyclic esters (lactones) is 2. The summed E-state index contributed by atoms with van der Waals surface area (Å²) in [4.78, 5) is 28.4. The number of nitrogens with one attached hydrogen (secondary N) is 1. The van der Waals surface area contributed by atoms with Crippen LogP contribution in [-0.2, 0) is 25.5 Å². The van der Waals surface area contributed by atoms with Gasteiger partial charge in [0.15, 0.2) is 5.41 Å². The summed E-state index contributed by atoms with van der Waals surface area (Å²) in [7, 11) is 0. The molecule has 2 heterocycles. The Balaban J connectivity index is 2.03. The Morgan fingerprint density at radius 3 is 2.48 bits per heavy atom. The van der Waals surface area contributed by atoms with Crippen molar-refractivity contribution in [1.29, 1.82) is 0 Å². The van der Waals surface area contributed by atoms with Crippen LogP contribution < -0.4 is 0 Å². The van der Waals surface area contributed by atoms with Crippen LogP contribution >= 0.6 is 0 Å². The number of rotatable bonds is 4. The van der Waals surface area contributed by atoms with Crippen molar-refractivity contribution >= 4 is 22.8 Å². The highest BCUT2D eigenvalue weighted by molar-refractivity contribution is 6.02. The van der Waals surface area contributed by atoms with Gasteiger partial charge in [-0.25, -0.2) is 0 Å². The van der Waals surface area contributed by atoms with E-state index >= 15 is 0 Å². The zero-order valence-electron chi connectivity index (χ0n) is 13.2. The second-order valence-electron chi connectivity index (χ2n) is 6.29. The number of carbonyl (C=O) groups excluding carboxylic acids is 2. The molecule has 2 aromatic rings. The SMILES string of the molecule is C=CCC1(Cc2c[nH]c3ccccc23)C(=O)OC(C)(C)OC1=O. The molecule has 0 atom stereocenters. The van der Waals surface area contributed by atoms with Crippen molar-refractivity contribution in [2.45, 2.75) is 32.5 Å². The van der Waals surface area contributed by atoms with Gasteiger partial charge in [0.05, 0.1) is 0 Å². The summed E-state index contributed by atoms with van der Waals surface area (Å²) in [5.74, 6) is -2.37. The van der Waals surface area contributed by atoms with Crippen molar-refractivity contribution in [2.75, 3.05) is 0 Å². The molecule has 5 heteroatoms. The van der Waals surface area contributed by atoms with E-state index in [1.54, 1.807) is 19.9 Å². The van der Waals surface area contributed by atoms with Gasteiger partial charge in [0.2, 0.25) is 0 Å². The lowest BCUT2D eigenvalue weighted by Crippen LogP contribution is -2.54. The van der Waals surface area contributed by atoms with E-state index in [0.717, 1.165) is 16.5 Å². The molecule has 3 rings (SSSR count). The Morgan fingerprint density at radius 1 is 1.17 bits per heavy atom. The quantitative estimate of drug-likeness (QED) is 0.535. The Morgan fingerprint density at radius 2 is 1.83 bits per heavy atom. The number of allylic oxidation sites excluding steroid dienone is 1. The molecule has 0 spiro atoms. The Bertz CT molecular complexity index is 767. The fourth-order valence-electron chi connectivity index (χ4n) is 2.98. The molecule has 0 aliphatic carbocycles. The Hall–Kier alpha value is -2.56. The molecule has 23 heavy (non-hydrogen) atoms. The molecule has 1 aromatic carbocycles. The van der Waals surface area contributed by atoms with Crippen LogP contribution in [0.1, 0.15) is 25.8 Å². The van der Waals surface area contributed by atoms with Crippen molar-refractivity contribution in [1.82, 2.24) is 4.98 Å². The van der Waals surface area contributed by atoms with Gasteiger partial charge < -0.3 is 14.5 Å². The first-order valence-corrected chi connectivity index (χ1v) is 7.51. The largest absolute Gasteiger partial charge is 0.422 e. The summed E-state index contributed by atoms with van der Waals surface area (Å²) in [5.41, 5.74) is 0.438. The highest BCUT2D eigenvalue weighted by Crippen LogP contribution is 2.39. The minimum atomic E-state index is -1.39. The summed E-state index contributed by atoms with van der Waals surface area (Å²) in [6.45, 7) is 6.77. The molecule has 1 aromatic heterocycles. The fourth-order valence-corrected chi connectivity index (χ4v) is 2.98. The van der Waals surface area contributed by atoms with E-state index in [4.69, 9.17) is 9.47 Å². The summed E-state index contributed by atoms with van der Waals surface area (Å²) < 4.78 is 10.7. The van der Waals surface area contributed by atoms with Crippen LogP contribution in [0.4, 0.5) is 0 Å². The maximum Gasteiger partial charge on any atom is 0.327 e. The van der Waals surface area contributed by atoms with Gasteiger partial charge in [0.25, 0.3) is 5.79 Å². The number of aromatic amines is 1. The van der Waals surface area contributed by atoms with E-state index in [1.807, 2.05) is 30.5 Å². The van der Waals surface area contributed by atoms with Crippen molar-refractivity contribution in [3.05, 3.63) is 48.7 Å². The van der Waals surface area contributed by atoms with E-state index in [2.05, 4.69) is 11.6 Å². The van der Waals surface area contributed by atoms with Gasteiger partial charge in [-0.05, 0) is 18.1 Å². The molecule has 1 saturated heterocycles. The number of hydrogen-bond acceptors (Lipinski definition) is 4. The van der Waals surface area contributed by atoms with Gasteiger partial charge in [-0.3, -0.25) is 9.59 Å². The number of esters is 2. The van der Waals surface area contributed by atoms with Crippen LogP contribution in [0.25, 0.3) is 10.9 Å². The summed E-state index contributed by atoms with van der Waals surface area (Å²) in [6.07, 6.45) is 3.74. The van der Waals surface area contributed by atoms with E-state index in [-0.39, 0.29) is 12.8 Å². The second kappa shape index (κ2) is 5.26. The zero-order chi connectivity index (χ0) is 16.7. The molecule has 1 N–H and O–H groups in total. The molecule has 0 bridgehead atoms. The van der Waals surface area contributed by atoms with E-state index in [0.29, 0.717) is 0 Å². The molecule has 0 saturated carbocycles. The summed E-state index contributed by atoms with van der Waals surface area (Å²) in [6, 6.07) is 7.74. The minimum absolute atomic E-state index is 0.167. The maximum absolute atomic E-state index is 12.6. The van der Waals surface area contributed by atoms with Crippen molar-refractivity contribution < 1.29 is 19.1 Å². The highest BCUT2D eigenvalue weighted by Gasteiger charge is 2.55. The molecular weight excluding hydrogens is 294 g/mol.